The lowest BCUT2D eigenvalue weighted by molar-refractivity contribution is 0.0950. The highest BCUT2D eigenvalue weighted by Crippen LogP contribution is 2.24. The van der Waals surface area contributed by atoms with Crippen molar-refractivity contribution in [3.05, 3.63) is 59.7 Å². The largest absolute Gasteiger partial charge is 0.494 e. The number of amides is 1. The Hall–Kier alpha value is -2.38. The molecule has 1 aliphatic rings. The Morgan fingerprint density at radius 1 is 1.14 bits per heavy atom. The number of sulfonamides is 1. The van der Waals surface area contributed by atoms with Gasteiger partial charge in [0, 0.05) is 25.2 Å². The van der Waals surface area contributed by atoms with E-state index in [1.54, 1.807) is 18.2 Å². The lowest BCUT2D eigenvalue weighted by Crippen LogP contribution is -2.38. The molecule has 0 spiro atoms. The molecular formula is C22H28N2O4S. The molecule has 0 aliphatic carbocycles. The molecule has 2 aromatic carbocycles. The number of hydrogen-bond donors (Lipinski definition) is 1. The van der Waals surface area contributed by atoms with Gasteiger partial charge in [-0.05, 0) is 61.6 Å². The third kappa shape index (κ3) is 5.36. The van der Waals surface area contributed by atoms with E-state index in [4.69, 9.17) is 4.74 Å². The molecule has 7 heteroatoms. The zero-order valence-electron chi connectivity index (χ0n) is 16.9. The standard InChI is InChI=1S/C22H28N2O4S/c1-3-28-20-9-7-18(8-10-20)16-23-22(25)19-5-4-6-21(15-19)29(26,27)24-13-11-17(2)12-14-24/h4-10,15,17H,3,11-14,16H2,1-2H3,(H,23,25). The van der Waals surface area contributed by atoms with Crippen LogP contribution in [-0.2, 0) is 16.6 Å². The third-order valence-corrected chi connectivity index (χ3v) is 7.06. The Morgan fingerprint density at radius 3 is 2.48 bits per heavy atom. The summed E-state index contributed by atoms with van der Waals surface area (Å²) in [5.74, 6) is 1.02. The molecule has 1 heterocycles. The summed E-state index contributed by atoms with van der Waals surface area (Å²) in [5, 5.41) is 2.84. The van der Waals surface area contributed by atoms with Crippen LogP contribution < -0.4 is 10.1 Å². The number of piperidine rings is 1. The van der Waals surface area contributed by atoms with Gasteiger partial charge in [-0.3, -0.25) is 4.79 Å². The summed E-state index contributed by atoms with van der Waals surface area (Å²) in [6.45, 7) is 6.07. The molecule has 2 aromatic rings. The normalized spacial score (nSPS) is 15.8. The van der Waals surface area contributed by atoms with Crippen molar-refractivity contribution in [2.24, 2.45) is 5.92 Å². The Morgan fingerprint density at radius 2 is 1.83 bits per heavy atom. The van der Waals surface area contributed by atoms with Crippen LogP contribution in [0.3, 0.4) is 0 Å². The predicted octanol–water partition coefficient (Wildman–Crippen LogP) is 3.44. The highest BCUT2D eigenvalue weighted by atomic mass is 32.2. The van der Waals surface area contributed by atoms with Crippen molar-refractivity contribution < 1.29 is 17.9 Å². The summed E-state index contributed by atoms with van der Waals surface area (Å²) in [6, 6.07) is 13.8. The van der Waals surface area contributed by atoms with Crippen molar-refractivity contribution >= 4 is 15.9 Å². The van der Waals surface area contributed by atoms with Crippen molar-refractivity contribution in [3.63, 3.8) is 0 Å². The Kier molecular flexibility index (Phi) is 6.92. The topological polar surface area (TPSA) is 75.7 Å². The number of ether oxygens (including phenoxy) is 1. The highest BCUT2D eigenvalue weighted by molar-refractivity contribution is 7.89. The van der Waals surface area contributed by atoms with E-state index >= 15 is 0 Å². The summed E-state index contributed by atoms with van der Waals surface area (Å²) in [6.07, 6.45) is 1.73. The van der Waals surface area contributed by atoms with Crippen molar-refractivity contribution in [1.82, 2.24) is 9.62 Å². The zero-order chi connectivity index (χ0) is 20.9. The fraction of sp³-hybridized carbons (Fsp3) is 0.409. The van der Waals surface area contributed by atoms with Gasteiger partial charge in [-0.15, -0.1) is 0 Å². The first-order valence-corrected chi connectivity index (χ1v) is 11.4. The monoisotopic (exact) mass is 416 g/mol. The molecule has 0 saturated carbocycles. The van der Waals surface area contributed by atoms with Crippen LogP contribution in [0.15, 0.2) is 53.4 Å². The van der Waals surface area contributed by atoms with Gasteiger partial charge in [0.05, 0.1) is 11.5 Å². The molecule has 3 rings (SSSR count). The van der Waals surface area contributed by atoms with E-state index in [2.05, 4.69) is 12.2 Å². The lowest BCUT2D eigenvalue weighted by atomic mass is 10.0. The molecule has 0 radical (unpaired) electrons. The minimum atomic E-state index is -3.58. The fourth-order valence-electron chi connectivity index (χ4n) is 3.33. The molecule has 156 valence electrons. The minimum absolute atomic E-state index is 0.167. The van der Waals surface area contributed by atoms with E-state index in [9.17, 15) is 13.2 Å². The average Bonchev–Trinajstić information content (AvgIpc) is 2.73. The maximum atomic E-state index is 12.9. The van der Waals surface area contributed by atoms with E-state index < -0.39 is 10.0 Å². The first-order valence-electron chi connectivity index (χ1n) is 10.0. The van der Waals surface area contributed by atoms with Crippen LogP contribution >= 0.6 is 0 Å². The van der Waals surface area contributed by atoms with Gasteiger partial charge in [0.25, 0.3) is 5.91 Å². The molecule has 1 amide bonds. The number of benzene rings is 2. The number of rotatable bonds is 7. The van der Waals surface area contributed by atoms with Gasteiger partial charge in [0.2, 0.25) is 10.0 Å². The summed E-state index contributed by atoms with van der Waals surface area (Å²) >= 11 is 0. The first-order chi connectivity index (χ1) is 13.9. The second-order valence-corrected chi connectivity index (χ2v) is 9.31. The molecular weight excluding hydrogens is 388 g/mol. The third-order valence-electron chi connectivity index (χ3n) is 5.16. The summed E-state index contributed by atoms with van der Waals surface area (Å²) < 4.78 is 32.8. The van der Waals surface area contributed by atoms with Gasteiger partial charge in [-0.1, -0.05) is 25.1 Å². The van der Waals surface area contributed by atoms with E-state index in [1.807, 2.05) is 31.2 Å². The molecule has 0 bridgehead atoms. The Labute approximate surface area is 172 Å². The van der Waals surface area contributed by atoms with E-state index in [1.165, 1.54) is 10.4 Å². The number of nitrogens with zero attached hydrogens (tertiary/aromatic N) is 1. The van der Waals surface area contributed by atoms with Crippen LogP contribution in [0.4, 0.5) is 0 Å². The van der Waals surface area contributed by atoms with Crippen LogP contribution in [-0.4, -0.2) is 38.3 Å². The van der Waals surface area contributed by atoms with Crippen molar-refractivity contribution in [2.75, 3.05) is 19.7 Å². The summed E-state index contributed by atoms with van der Waals surface area (Å²) in [7, 11) is -3.58. The van der Waals surface area contributed by atoms with Crippen molar-refractivity contribution in [1.29, 1.82) is 0 Å². The maximum absolute atomic E-state index is 12.9. The Bertz CT molecular complexity index is 934. The van der Waals surface area contributed by atoms with Gasteiger partial charge in [0.15, 0.2) is 0 Å². The lowest BCUT2D eigenvalue weighted by Gasteiger charge is -2.29. The highest BCUT2D eigenvalue weighted by Gasteiger charge is 2.28. The molecule has 0 unspecified atom stereocenters. The van der Waals surface area contributed by atoms with Gasteiger partial charge in [0.1, 0.15) is 5.75 Å². The van der Waals surface area contributed by atoms with Crippen LogP contribution in [0.5, 0.6) is 5.75 Å². The van der Waals surface area contributed by atoms with E-state index in [0.717, 1.165) is 24.2 Å². The minimum Gasteiger partial charge on any atom is -0.494 e. The molecule has 0 atom stereocenters. The average molecular weight is 417 g/mol. The molecule has 1 fully saturated rings. The van der Waals surface area contributed by atoms with Gasteiger partial charge >= 0.3 is 0 Å². The second kappa shape index (κ2) is 9.41. The Balaban J connectivity index is 1.66. The van der Waals surface area contributed by atoms with E-state index in [0.29, 0.717) is 37.7 Å². The van der Waals surface area contributed by atoms with Crippen molar-refractivity contribution in [2.45, 2.75) is 38.1 Å². The molecule has 1 saturated heterocycles. The maximum Gasteiger partial charge on any atom is 0.251 e. The number of hydrogen-bond acceptors (Lipinski definition) is 4. The van der Waals surface area contributed by atoms with E-state index in [-0.39, 0.29) is 10.8 Å². The number of carbonyl (C=O) groups excluding carboxylic acids is 1. The first kappa shape index (κ1) is 21.3. The van der Waals surface area contributed by atoms with Gasteiger partial charge in [-0.25, -0.2) is 8.42 Å². The van der Waals surface area contributed by atoms with Crippen LogP contribution in [0.1, 0.15) is 42.6 Å². The van der Waals surface area contributed by atoms with Gasteiger partial charge < -0.3 is 10.1 Å². The molecule has 29 heavy (non-hydrogen) atoms. The molecule has 6 nitrogen and oxygen atoms in total. The summed E-state index contributed by atoms with van der Waals surface area (Å²) in [5.41, 5.74) is 1.27. The zero-order valence-corrected chi connectivity index (χ0v) is 17.7. The van der Waals surface area contributed by atoms with Crippen LogP contribution in [0, 0.1) is 5.92 Å². The number of nitrogens with one attached hydrogen (secondary N) is 1. The molecule has 1 aliphatic heterocycles. The smallest absolute Gasteiger partial charge is 0.251 e. The van der Waals surface area contributed by atoms with Crippen LogP contribution in [0.2, 0.25) is 0 Å². The SMILES string of the molecule is CCOc1ccc(CNC(=O)c2cccc(S(=O)(=O)N3CCC(C)CC3)c2)cc1. The second-order valence-electron chi connectivity index (χ2n) is 7.37. The quantitative estimate of drug-likeness (QED) is 0.750. The molecule has 1 N–H and O–H groups in total. The van der Waals surface area contributed by atoms with Crippen molar-refractivity contribution in [3.8, 4) is 5.75 Å². The number of carbonyl (C=O) groups is 1. The molecule has 0 aromatic heterocycles. The fourth-order valence-corrected chi connectivity index (χ4v) is 4.84. The van der Waals surface area contributed by atoms with Crippen LogP contribution in [0.25, 0.3) is 0 Å². The predicted molar refractivity (Wildman–Crippen MR) is 112 cm³/mol. The summed E-state index contributed by atoms with van der Waals surface area (Å²) in [4.78, 5) is 12.7. The van der Waals surface area contributed by atoms with Gasteiger partial charge in [-0.2, -0.15) is 4.31 Å².